The Hall–Kier alpha value is -3.67. The third-order valence-corrected chi connectivity index (χ3v) is 4.88. The summed E-state index contributed by atoms with van der Waals surface area (Å²) in [6, 6.07) is 18.8. The summed E-state index contributed by atoms with van der Waals surface area (Å²) in [5.41, 5.74) is 10.1. The lowest BCUT2D eigenvalue weighted by molar-refractivity contribution is 0.0983. The van der Waals surface area contributed by atoms with E-state index in [-0.39, 0.29) is 11.9 Å². The molecule has 154 valence electrons. The molecule has 0 saturated heterocycles. The second-order valence-electron chi connectivity index (χ2n) is 6.85. The van der Waals surface area contributed by atoms with Crippen molar-refractivity contribution >= 4 is 23.4 Å². The molecule has 2 aromatic carbocycles. The Morgan fingerprint density at radius 2 is 1.63 bits per heavy atom. The normalized spacial score (nSPS) is 10.5. The Labute approximate surface area is 176 Å². The molecule has 0 bridgehead atoms. The van der Waals surface area contributed by atoms with E-state index in [0.29, 0.717) is 30.8 Å². The summed E-state index contributed by atoms with van der Waals surface area (Å²) in [6.45, 7) is 2.11. The topological polar surface area (TPSA) is 85.5 Å². The molecule has 30 heavy (non-hydrogen) atoms. The molecule has 0 aliphatic heterocycles. The average Bonchev–Trinajstić information content (AvgIpc) is 2.78. The van der Waals surface area contributed by atoms with Crippen LogP contribution in [0.4, 0.5) is 16.3 Å². The summed E-state index contributed by atoms with van der Waals surface area (Å²) in [5, 5.41) is 0. The average molecular weight is 403 g/mol. The van der Waals surface area contributed by atoms with Crippen molar-refractivity contribution in [3.05, 3.63) is 78.0 Å². The van der Waals surface area contributed by atoms with E-state index in [9.17, 15) is 9.59 Å². The van der Waals surface area contributed by atoms with Crippen LogP contribution in [0.5, 0.6) is 0 Å². The van der Waals surface area contributed by atoms with E-state index in [1.54, 1.807) is 20.2 Å². The number of carbonyl (C=O) groups is 2. The van der Waals surface area contributed by atoms with Gasteiger partial charge in [0.05, 0.1) is 6.61 Å². The molecular formula is C24H25N3O3. The lowest BCUT2D eigenvalue weighted by Crippen LogP contribution is -2.26. The first-order valence-corrected chi connectivity index (χ1v) is 9.83. The summed E-state index contributed by atoms with van der Waals surface area (Å²) >= 11 is 0. The van der Waals surface area contributed by atoms with Crippen molar-refractivity contribution in [2.45, 2.75) is 19.8 Å². The first kappa shape index (κ1) is 21.0. The molecule has 0 fully saturated rings. The van der Waals surface area contributed by atoms with Crippen molar-refractivity contribution < 1.29 is 14.3 Å². The van der Waals surface area contributed by atoms with Gasteiger partial charge in [-0.1, -0.05) is 42.5 Å². The summed E-state index contributed by atoms with van der Waals surface area (Å²) in [6.07, 6.45) is 2.20. The minimum Gasteiger partial charge on any atom is -0.449 e. The van der Waals surface area contributed by atoms with Crippen LogP contribution in [0.3, 0.4) is 0 Å². The van der Waals surface area contributed by atoms with Crippen LogP contribution in [0.2, 0.25) is 0 Å². The van der Waals surface area contributed by atoms with Gasteiger partial charge in [-0.05, 0) is 48.2 Å². The molecule has 1 aromatic heterocycles. The molecule has 0 aliphatic rings. The van der Waals surface area contributed by atoms with Crippen molar-refractivity contribution in [1.82, 2.24) is 4.98 Å². The molecule has 1 amide bonds. The Balaban J connectivity index is 1.64. The summed E-state index contributed by atoms with van der Waals surface area (Å²) in [7, 11) is 1.67. The fourth-order valence-corrected chi connectivity index (χ4v) is 3.11. The highest BCUT2D eigenvalue weighted by atomic mass is 16.6. The maximum Gasteiger partial charge on any atom is 0.413 e. The van der Waals surface area contributed by atoms with E-state index >= 15 is 0 Å². The predicted octanol–water partition coefficient (Wildman–Crippen LogP) is 4.74. The summed E-state index contributed by atoms with van der Waals surface area (Å²) < 4.78 is 5.01. The van der Waals surface area contributed by atoms with Crippen LogP contribution in [0.25, 0.3) is 11.1 Å². The van der Waals surface area contributed by atoms with Gasteiger partial charge in [0.1, 0.15) is 5.82 Å². The summed E-state index contributed by atoms with van der Waals surface area (Å²) in [4.78, 5) is 29.8. The maximum atomic E-state index is 12.5. The zero-order valence-corrected chi connectivity index (χ0v) is 17.2. The van der Waals surface area contributed by atoms with E-state index in [0.717, 1.165) is 22.4 Å². The number of hydrogen-bond donors (Lipinski definition) is 1. The quantitative estimate of drug-likeness (QED) is 0.576. The number of nitrogens with zero attached hydrogens (tertiary/aromatic N) is 2. The number of anilines is 2. The number of nitrogens with two attached hydrogens (primary N) is 1. The van der Waals surface area contributed by atoms with Gasteiger partial charge in [0, 0.05) is 30.9 Å². The van der Waals surface area contributed by atoms with Gasteiger partial charge < -0.3 is 10.5 Å². The van der Waals surface area contributed by atoms with Crippen molar-refractivity contribution in [3.63, 3.8) is 0 Å². The minimum absolute atomic E-state index is 0.0659. The first-order chi connectivity index (χ1) is 14.5. The number of amides is 1. The van der Waals surface area contributed by atoms with Crippen LogP contribution in [0.15, 0.2) is 66.9 Å². The first-order valence-electron chi connectivity index (χ1n) is 9.83. The molecule has 3 aromatic rings. The Bertz CT molecular complexity index is 1010. The van der Waals surface area contributed by atoms with Gasteiger partial charge in [-0.25, -0.2) is 9.78 Å². The van der Waals surface area contributed by atoms with Crippen LogP contribution >= 0.6 is 0 Å². The highest BCUT2D eigenvalue weighted by molar-refractivity contribution is 5.96. The Kier molecular flexibility index (Phi) is 6.80. The predicted molar refractivity (Wildman–Crippen MR) is 119 cm³/mol. The standard InChI is InChI=1S/C24H25N3O3/c1-3-30-24(29)27(2)21-13-10-18(11-14-21)17-6-8-19(9-7-17)22(28)15-12-20-5-4-16-26-23(20)25/h4-11,13-14,16H,3,12,15H2,1-2H3,(H2,25,26). The molecule has 0 spiro atoms. The van der Waals surface area contributed by atoms with Crippen LogP contribution in [0, 0.1) is 0 Å². The van der Waals surface area contributed by atoms with Crippen molar-refractivity contribution in [1.29, 1.82) is 0 Å². The number of ketones is 1. The van der Waals surface area contributed by atoms with Crippen LogP contribution in [-0.2, 0) is 11.2 Å². The zero-order valence-electron chi connectivity index (χ0n) is 17.2. The smallest absolute Gasteiger partial charge is 0.413 e. The van der Waals surface area contributed by atoms with Gasteiger partial charge in [-0.15, -0.1) is 0 Å². The van der Waals surface area contributed by atoms with E-state index in [2.05, 4.69) is 4.98 Å². The van der Waals surface area contributed by atoms with Crippen molar-refractivity contribution in [2.24, 2.45) is 0 Å². The van der Waals surface area contributed by atoms with Crippen molar-refractivity contribution in [3.8, 4) is 11.1 Å². The highest BCUT2D eigenvalue weighted by Gasteiger charge is 2.12. The molecule has 0 radical (unpaired) electrons. The van der Waals surface area contributed by atoms with Crippen LogP contribution < -0.4 is 10.6 Å². The Morgan fingerprint density at radius 3 is 2.23 bits per heavy atom. The second kappa shape index (κ2) is 9.69. The molecule has 1 heterocycles. The van der Waals surface area contributed by atoms with Gasteiger partial charge in [0.15, 0.2) is 5.78 Å². The molecule has 0 atom stereocenters. The van der Waals surface area contributed by atoms with Gasteiger partial charge in [0.2, 0.25) is 0 Å². The molecule has 0 unspecified atom stereocenters. The minimum atomic E-state index is -0.388. The monoisotopic (exact) mass is 403 g/mol. The van der Waals surface area contributed by atoms with Crippen LogP contribution in [-0.4, -0.2) is 30.5 Å². The molecule has 3 rings (SSSR count). The third-order valence-electron chi connectivity index (χ3n) is 4.88. The molecule has 0 saturated carbocycles. The number of aromatic nitrogens is 1. The van der Waals surface area contributed by atoms with Gasteiger partial charge >= 0.3 is 6.09 Å². The van der Waals surface area contributed by atoms with E-state index < -0.39 is 0 Å². The van der Waals surface area contributed by atoms with E-state index in [1.165, 1.54) is 4.90 Å². The number of rotatable bonds is 7. The lowest BCUT2D eigenvalue weighted by atomic mass is 9.99. The molecule has 6 nitrogen and oxygen atoms in total. The van der Waals surface area contributed by atoms with Crippen LogP contribution in [0.1, 0.15) is 29.3 Å². The van der Waals surface area contributed by atoms with Crippen molar-refractivity contribution in [2.75, 3.05) is 24.3 Å². The fourth-order valence-electron chi connectivity index (χ4n) is 3.11. The molecule has 2 N–H and O–H groups in total. The van der Waals surface area contributed by atoms with Gasteiger partial charge in [-0.2, -0.15) is 0 Å². The molecule has 0 aliphatic carbocycles. The SMILES string of the molecule is CCOC(=O)N(C)c1ccc(-c2ccc(C(=O)CCc3cccnc3N)cc2)cc1. The lowest BCUT2D eigenvalue weighted by Gasteiger charge is -2.16. The number of nitrogen functional groups attached to an aromatic ring is 1. The highest BCUT2D eigenvalue weighted by Crippen LogP contribution is 2.24. The number of Topliss-reactive ketones (excluding diaryl/α,β-unsaturated/α-hetero) is 1. The zero-order chi connectivity index (χ0) is 21.5. The van der Waals surface area contributed by atoms with Gasteiger partial charge in [0.25, 0.3) is 0 Å². The largest absolute Gasteiger partial charge is 0.449 e. The molecule has 6 heteroatoms. The fraction of sp³-hybridized carbons (Fsp3) is 0.208. The summed E-state index contributed by atoms with van der Waals surface area (Å²) in [5.74, 6) is 0.536. The van der Waals surface area contributed by atoms with E-state index in [1.807, 2.05) is 60.7 Å². The maximum absolute atomic E-state index is 12.5. The number of carbonyl (C=O) groups excluding carboxylic acids is 2. The number of aryl methyl sites for hydroxylation is 1. The Morgan fingerprint density at radius 1 is 1.00 bits per heavy atom. The third kappa shape index (κ3) is 5.03. The number of ether oxygens (including phenoxy) is 1. The van der Waals surface area contributed by atoms with Gasteiger partial charge in [-0.3, -0.25) is 9.69 Å². The molecular weight excluding hydrogens is 378 g/mol. The number of pyridine rings is 1. The second-order valence-corrected chi connectivity index (χ2v) is 6.85. The number of hydrogen-bond acceptors (Lipinski definition) is 5. The van der Waals surface area contributed by atoms with E-state index in [4.69, 9.17) is 10.5 Å². The number of benzene rings is 2.